The summed E-state index contributed by atoms with van der Waals surface area (Å²) in [6.45, 7) is 4.66. The van der Waals surface area contributed by atoms with E-state index in [4.69, 9.17) is 4.74 Å². The second-order valence-corrected chi connectivity index (χ2v) is 6.56. The van der Waals surface area contributed by atoms with Gasteiger partial charge in [-0.05, 0) is 32.2 Å². The van der Waals surface area contributed by atoms with Crippen molar-refractivity contribution in [1.29, 1.82) is 0 Å². The predicted molar refractivity (Wildman–Crippen MR) is 78.1 cm³/mol. The molecule has 0 bridgehead atoms. The van der Waals surface area contributed by atoms with Crippen molar-refractivity contribution in [2.75, 3.05) is 46.5 Å². The standard InChI is InChI=1S/C12H25N3O5S/c1-3-20-12(16)14-21(17,18)15-7-4-5-11(10-15)9-13-6-8-19-2/h11,13H,3-10H2,1-2H3,(H,14,16). The van der Waals surface area contributed by atoms with E-state index >= 15 is 0 Å². The molecule has 9 heteroatoms. The summed E-state index contributed by atoms with van der Waals surface area (Å²) in [6, 6.07) is 0. The first-order valence-corrected chi connectivity index (χ1v) is 8.58. The molecule has 1 unspecified atom stereocenters. The van der Waals surface area contributed by atoms with Gasteiger partial charge < -0.3 is 14.8 Å². The average molecular weight is 323 g/mol. The van der Waals surface area contributed by atoms with Crippen LogP contribution in [-0.4, -0.2) is 65.3 Å². The van der Waals surface area contributed by atoms with Crippen molar-refractivity contribution in [3.05, 3.63) is 0 Å². The number of rotatable bonds is 8. The van der Waals surface area contributed by atoms with Crippen molar-refractivity contribution in [2.24, 2.45) is 5.92 Å². The van der Waals surface area contributed by atoms with Crippen molar-refractivity contribution in [3.63, 3.8) is 0 Å². The Hall–Kier alpha value is -0.900. The van der Waals surface area contributed by atoms with Crippen LogP contribution >= 0.6 is 0 Å². The zero-order valence-corrected chi connectivity index (χ0v) is 13.4. The molecule has 0 aromatic carbocycles. The molecule has 1 aliphatic rings. The number of nitrogens with one attached hydrogen (secondary N) is 2. The van der Waals surface area contributed by atoms with Crippen molar-refractivity contribution in [3.8, 4) is 0 Å². The summed E-state index contributed by atoms with van der Waals surface area (Å²) in [5.41, 5.74) is 0. The molecule has 1 aliphatic heterocycles. The number of nitrogens with zero attached hydrogens (tertiary/aromatic N) is 1. The Kier molecular flexibility index (Phi) is 7.94. The Morgan fingerprint density at radius 1 is 1.43 bits per heavy atom. The highest BCUT2D eigenvalue weighted by molar-refractivity contribution is 7.87. The van der Waals surface area contributed by atoms with E-state index in [1.807, 2.05) is 4.72 Å². The van der Waals surface area contributed by atoms with Crippen LogP contribution in [0.25, 0.3) is 0 Å². The molecule has 1 heterocycles. The number of carbonyl (C=O) groups is 1. The van der Waals surface area contributed by atoms with Crippen LogP contribution in [0.2, 0.25) is 0 Å². The molecule has 0 aromatic heterocycles. The molecule has 8 nitrogen and oxygen atoms in total. The van der Waals surface area contributed by atoms with Crippen LogP contribution in [0.5, 0.6) is 0 Å². The largest absolute Gasteiger partial charge is 0.449 e. The molecule has 0 radical (unpaired) electrons. The molecule has 1 saturated heterocycles. The van der Waals surface area contributed by atoms with Crippen LogP contribution in [-0.2, 0) is 19.7 Å². The second-order valence-electron chi connectivity index (χ2n) is 4.89. The molecule has 21 heavy (non-hydrogen) atoms. The third-order valence-electron chi connectivity index (χ3n) is 3.23. The summed E-state index contributed by atoms with van der Waals surface area (Å²) in [7, 11) is -2.18. The van der Waals surface area contributed by atoms with Crippen LogP contribution in [0.4, 0.5) is 4.79 Å². The fourth-order valence-corrected chi connectivity index (χ4v) is 3.40. The van der Waals surface area contributed by atoms with Crippen molar-refractivity contribution in [1.82, 2.24) is 14.3 Å². The van der Waals surface area contributed by atoms with E-state index in [1.54, 1.807) is 14.0 Å². The Balaban J connectivity index is 2.45. The Morgan fingerprint density at radius 2 is 2.19 bits per heavy atom. The maximum atomic E-state index is 12.1. The normalized spacial score (nSPS) is 20.2. The third-order valence-corrected chi connectivity index (χ3v) is 4.66. The fraction of sp³-hybridized carbons (Fsp3) is 0.917. The monoisotopic (exact) mass is 323 g/mol. The number of ether oxygens (including phenoxy) is 2. The van der Waals surface area contributed by atoms with E-state index in [2.05, 4.69) is 10.1 Å². The lowest BCUT2D eigenvalue weighted by molar-refractivity contribution is 0.157. The van der Waals surface area contributed by atoms with Crippen LogP contribution in [0.3, 0.4) is 0 Å². The highest BCUT2D eigenvalue weighted by Crippen LogP contribution is 2.18. The lowest BCUT2D eigenvalue weighted by Crippen LogP contribution is -2.49. The maximum absolute atomic E-state index is 12.1. The summed E-state index contributed by atoms with van der Waals surface area (Å²) in [5.74, 6) is 0.231. The van der Waals surface area contributed by atoms with E-state index in [9.17, 15) is 13.2 Å². The molecule has 1 atom stereocenters. The van der Waals surface area contributed by atoms with Gasteiger partial charge >= 0.3 is 16.3 Å². The zero-order valence-electron chi connectivity index (χ0n) is 12.6. The number of amides is 1. The van der Waals surface area contributed by atoms with E-state index in [0.29, 0.717) is 19.7 Å². The predicted octanol–water partition coefficient (Wildman–Crippen LogP) is -0.0747. The third kappa shape index (κ3) is 6.60. The smallest absolute Gasteiger partial charge is 0.421 e. The maximum Gasteiger partial charge on any atom is 0.421 e. The van der Waals surface area contributed by atoms with E-state index in [-0.39, 0.29) is 12.5 Å². The highest BCUT2D eigenvalue weighted by atomic mass is 32.2. The number of hydrogen-bond acceptors (Lipinski definition) is 6. The lowest BCUT2D eigenvalue weighted by atomic mass is 10.00. The van der Waals surface area contributed by atoms with Gasteiger partial charge in [0.2, 0.25) is 0 Å². The Labute approximate surface area is 126 Å². The Morgan fingerprint density at radius 3 is 2.86 bits per heavy atom. The number of piperidine rings is 1. The first-order chi connectivity index (χ1) is 9.99. The van der Waals surface area contributed by atoms with E-state index < -0.39 is 16.3 Å². The SMILES string of the molecule is CCOC(=O)NS(=O)(=O)N1CCCC(CNCCOC)C1. The highest BCUT2D eigenvalue weighted by Gasteiger charge is 2.30. The topological polar surface area (TPSA) is 97.0 Å². The lowest BCUT2D eigenvalue weighted by Gasteiger charge is -2.31. The first kappa shape index (κ1) is 18.1. The van der Waals surface area contributed by atoms with Crippen molar-refractivity contribution < 1.29 is 22.7 Å². The summed E-state index contributed by atoms with van der Waals surface area (Å²) in [4.78, 5) is 11.3. The summed E-state index contributed by atoms with van der Waals surface area (Å²) in [5, 5.41) is 3.23. The van der Waals surface area contributed by atoms with Gasteiger partial charge in [-0.25, -0.2) is 9.52 Å². The molecule has 0 saturated carbocycles. The number of methoxy groups -OCH3 is 1. The minimum Gasteiger partial charge on any atom is -0.449 e. The second kappa shape index (κ2) is 9.19. The minimum absolute atomic E-state index is 0.132. The zero-order chi connectivity index (χ0) is 15.7. The van der Waals surface area contributed by atoms with Crippen LogP contribution in [0.1, 0.15) is 19.8 Å². The van der Waals surface area contributed by atoms with Gasteiger partial charge in [-0.15, -0.1) is 0 Å². The van der Waals surface area contributed by atoms with Crippen LogP contribution in [0, 0.1) is 5.92 Å². The number of hydrogen-bond donors (Lipinski definition) is 2. The van der Waals surface area contributed by atoms with Gasteiger partial charge in [0.25, 0.3) is 0 Å². The average Bonchev–Trinajstić information content (AvgIpc) is 2.44. The van der Waals surface area contributed by atoms with Crippen LogP contribution in [0.15, 0.2) is 0 Å². The molecule has 1 rings (SSSR count). The van der Waals surface area contributed by atoms with E-state index in [1.165, 1.54) is 4.31 Å². The van der Waals surface area contributed by atoms with Gasteiger partial charge in [-0.2, -0.15) is 12.7 Å². The molecule has 0 aliphatic carbocycles. The Bertz CT molecular complexity index is 415. The molecule has 0 aromatic rings. The molecule has 1 fully saturated rings. The molecule has 1 amide bonds. The van der Waals surface area contributed by atoms with Gasteiger partial charge in [0.15, 0.2) is 0 Å². The molecular formula is C12H25N3O5S. The molecule has 0 spiro atoms. The van der Waals surface area contributed by atoms with Gasteiger partial charge in [0, 0.05) is 26.7 Å². The van der Waals surface area contributed by atoms with Gasteiger partial charge in [0.1, 0.15) is 0 Å². The summed E-state index contributed by atoms with van der Waals surface area (Å²) < 4.78 is 36.9. The minimum atomic E-state index is -3.82. The van der Waals surface area contributed by atoms with Crippen molar-refractivity contribution >= 4 is 16.3 Å². The first-order valence-electron chi connectivity index (χ1n) is 7.14. The van der Waals surface area contributed by atoms with Gasteiger partial charge in [0.05, 0.1) is 13.2 Å². The van der Waals surface area contributed by atoms with Gasteiger partial charge in [-0.3, -0.25) is 0 Å². The van der Waals surface area contributed by atoms with Crippen molar-refractivity contribution in [2.45, 2.75) is 19.8 Å². The van der Waals surface area contributed by atoms with E-state index in [0.717, 1.165) is 25.9 Å². The van der Waals surface area contributed by atoms with Gasteiger partial charge in [-0.1, -0.05) is 0 Å². The molecule has 124 valence electrons. The molecule has 2 N–H and O–H groups in total. The quantitative estimate of drug-likeness (QED) is 0.607. The summed E-state index contributed by atoms with van der Waals surface area (Å²) in [6.07, 6.45) is 0.809. The van der Waals surface area contributed by atoms with Crippen LogP contribution < -0.4 is 10.0 Å². The molecular weight excluding hydrogens is 298 g/mol. The summed E-state index contributed by atoms with van der Waals surface area (Å²) >= 11 is 0. The fourth-order valence-electron chi connectivity index (χ4n) is 2.22. The number of carbonyl (C=O) groups excluding carboxylic acids is 1.